The van der Waals surface area contributed by atoms with Gasteiger partial charge < -0.3 is 0 Å². The van der Waals surface area contributed by atoms with Crippen LogP contribution in [0.25, 0.3) is 5.69 Å². The highest BCUT2D eigenvalue weighted by Crippen LogP contribution is 2.40. The molecule has 0 aliphatic carbocycles. The van der Waals surface area contributed by atoms with Crippen molar-refractivity contribution in [2.45, 2.75) is 39.2 Å². The van der Waals surface area contributed by atoms with E-state index in [-0.39, 0.29) is 27.3 Å². The van der Waals surface area contributed by atoms with Crippen LogP contribution in [0.15, 0.2) is 38.6 Å². The van der Waals surface area contributed by atoms with Gasteiger partial charge in [0.25, 0.3) is 11.1 Å². The van der Waals surface area contributed by atoms with Crippen LogP contribution < -0.4 is 16.8 Å². The second kappa shape index (κ2) is 8.13. The normalized spacial score (nSPS) is 11.5. The Morgan fingerprint density at radius 1 is 1.10 bits per heavy atom. The number of aromatic amines is 1. The van der Waals surface area contributed by atoms with Gasteiger partial charge >= 0.3 is 5.69 Å². The van der Waals surface area contributed by atoms with E-state index in [1.165, 1.54) is 22.9 Å². The zero-order valence-corrected chi connectivity index (χ0v) is 18.6. The SMILES string of the molecule is CC(C)n1nc(C(C)(C)c2c(Cl)cc(-n3nc(C#N)c(=O)[nH]c3=O)cc2Cl)ccc1=O. The Labute approximate surface area is 186 Å². The second-order valence-corrected chi connectivity index (χ2v) is 8.45. The average Bonchev–Trinajstić information content (AvgIpc) is 2.67. The number of rotatable bonds is 4. The van der Waals surface area contributed by atoms with Gasteiger partial charge in [-0.15, -0.1) is 5.10 Å². The Morgan fingerprint density at radius 2 is 1.71 bits per heavy atom. The average molecular weight is 461 g/mol. The number of nitrogens with zero attached hydrogens (tertiary/aromatic N) is 5. The van der Waals surface area contributed by atoms with Gasteiger partial charge in [-0.1, -0.05) is 23.2 Å². The Bertz CT molecular complexity index is 1370. The second-order valence-electron chi connectivity index (χ2n) is 7.64. The zero-order valence-electron chi connectivity index (χ0n) is 17.1. The number of hydrogen-bond acceptors (Lipinski definition) is 6. The first-order valence-corrected chi connectivity index (χ1v) is 9.97. The van der Waals surface area contributed by atoms with E-state index in [9.17, 15) is 14.4 Å². The molecule has 0 atom stereocenters. The third-order valence-corrected chi connectivity index (χ3v) is 5.38. The smallest absolute Gasteiger partial charge is 0.270 e. The molecular weight excluding hydrogens is 443 g/mol. The van der Waals surface area contributed by atoms with Crippen molar-refractivity contribution in [3.8, 4) is 11.8 Å². The van der Waals surface area contributed by atoms with E-state index in [0.29, 0.717) is 11.3 Å². The van der Waals surface area contributed by atoms with Crippen LogP contribution in [-0.2, 0) is 5.41 Å². The first-order chi connectivity index (χ1) is 14.5. The van der Waals surface area contributed by atoms with Crippen LogP contribution in [0.5, 0.6) is 0 Å². The van der Waals surface area contributed by atoms with Crippen LogP contribution in [0.3, 0.4) is 0 Å². The highest BCUT2D eigenvalue weighted by molar-refractivity contribution is 6.36. The molecule has 0 unspecified atom stereocenters. The summed E-state index contributed by atoms with van der Waals surface area (Å²) in [5.41, 5.74) is -1.94. The number of nitrogens with one attached hydrogen (secondary N) is 1. The molecule has 0 saturated carbocycles. The van der Waals surface area contributed by atoms with Crippen molar-refractivity contribution >= 4 is 23.2 Å². The van der Waals surface area contributed by atoms with Crippen molar-refractivity contribution < 1.29 is 0 Å². The topological polar surface area (TPSA) is 126 Å². The van der Waals surface area contributed by atoms with E-state index in [1.54, 1.807) is 12.1 Å². The zero-order chi connectivity index (χ0) is 23.1. The first kappa shape index (κ1) is 22.5. The monoisotopic (exact) mass is 460 g/mol. The third-order valence-electron chi connectivity index (χ3n) is 4.78. The molecule has 0 spiro atoms. The van der Waals surface area contributed by atoms with Crippen LogP contribution in [0, 0.1) is 11.3 Å². The van der Waals surface area contributed by atoms with Crippen molar-refractivity contribution in [3.63, 3.8) is 0 Å². The molecule has 0 saturated heterocycles. The molecule has 0 amide bonds. The lowest BCUT2D eigenvalue weighted by atomic mass is 9.81. The lowest BCUT2D eigenvalue weighted by molar-refractivity contribution is 0.470. The molecule has 0 aliphatic heterocycles. The van der Waals surface area contributed by atoms with Crippen LogP contribution >= 0.6 is 23.2 Å². The van der Waals surface area contributed by atoms with E-state index >= 15 is 0 Å². The minimum Gasteiger partial charge on any atom is -0.270 e. The molecule has 160 valence electrons. The van der Waals surface area contributed by atoms with Crippen molar-refractivity contribution in [1.29, 1.82) is 5.26 Å². The van der Waals surface area contributed by atoms with E-state index in [4.69, 9.17) is 28.5 Å². The Hall–Kier alpha value is -3.22. The number of nitriles is 1. The minimum atomic E-state index is -0.884. The number of hydrogen-bond donors (Lipinski definition) is 1. The number of H-pyrrole nitrogens is 1. The lowest BCUT2D eigenvalue weighted by Gasteiger charge is -2.28. The summed E-state index contributed by atoms with van der Waals surface area (Å²) in [6.07, 6.45) is 0. The standard InChI is InChI=1S/C20H18Cl2N6O3/c1-10(2)27-16(29)6-5-15(26-27)20(3,4)17-12(21)7-11(8-13(17)22)28-19(31)24-18(30)14(9-23)25-28/h5-8,10H,1-4H3,(H,24,30,31). The largest absolute Gasteiger partial charge is 0.349 e. The van der Waals surface area contributed by atoms with E-state index < -0.39 is 22.4 Å². The fourth-order valence-electron chi connectivity index (χ4n) is 3.18. The summed E-state index contributed by atoms with van der Waals surface area (Å²) < 4.78 is 2.21. The van der Waals surface area contributed by atoms with Gasteiger partial charge in [0, 0.05) is 27.1 Å². The van der Waals surface area contributed by atoms with Gasteiger partial charge in [-0.25, -0.2) is 9.48 Å². The molecule has 0 bridgehead atoms. The Morgan fingerprint density at radius 3 is 2.26 bits per heavy atom. The van der Waals surface area contributed by atoms with E-state index in [1.807, 2.05) is 32.7 Å². The van der Waals surface area contributed by atoms with Crippen molar-refractivity contribution in [2.24, 2.45) is 0 Å². The molecule has 31 heavy (non-hydrogen) atoms. The molecule has 3 rings (SSSR count). The molecule has 9 nitrogen and oxygen atoms in total. The fourth-order valence-corrected chi connectivity index (χ4v) is 4.13. The predicted octanol–water partition coefficient (Wildman–Crippen LogP) is 2.56. The van der Waals surface area contributed by atoms with Crippen LogP contribution in [0.1, 0.15) is 50.7 Å². The quantitative estimate of drug-likeness (QED) is 0.637. The summed E-state index contributed by atoms with van der Waals surface area (Å²) in [7, 11) is 0. The maximum atomic E-state index is 12.2. The van der Waals surface area contributed by atoms with E-state index in [2.05, 4.69) is 10.2 Å². The molecule has 0 radical (unpaired) electrons. The van der Waals surface area contributed by atoms with Gasteiger partial charge in [-0.2, -0.15) is 15.0 Å². The minimum absolute atomic E-state index is 0.135. The van der Waals surface area contributed by atoms with Crippen molar-refractivity contribution in [2.75, 3.05) is 0 Å². The maximum Gasteiger partial charge on any atom is 0.349 e. The van der Waals surface area contributed by atoms with Gasteiger partial charge in [0.1, 0.15) is 6.07 Å². The molecule has 1 aromatic carbocycles. The Balaban J connectivity index is 2.19. The summed E-state index contributed by atoms with van der Waals surface area (Å²) in [6.45, 7) is 7.42. The van der Waals surface area contributed by atoms with Crippen molar-refractivity contribution in [1.82, 2.24) is 24.5 Å². The molecule has 11 heteroatoms. The predicted molar refractivity (Wildman–Crippen MR) is 116 cm³/mol. The van der Waals surface area contributed by atoms with Gasteiger partial charge in [-0.05, 0) is 45.9 Å². The van der Waals surface area contributed by atoms with Gasteiger partial charge in [0.2, 0.25) is 5.69 Å². The summed E-state index contributed by atoms with van der Waals surface area (Å²) >= 11 is 13.1. The number of aromatic nitrogens is 5. The summed E-state index contributed by atoms with van der Waals surface area (Å²) in [4.78, 5) is 37.9. The highest BCUT2D eigenvalue weighted by Gasteiger charge is 2.31. The molecule has 0 fully saturated rings. The Kier molecular flexibility index (Phi) is 5.89. The summed E-state index contributed by atoms with van der Waals surface area (Å²) in [6, 6.07) is 7.45. The lowest BCUT2D eigenvalue weighted by Crippen LogP contribution is -2.33. The third kappa shape index (κ3) is 4.04. The molecule has 3 aromatic rings. The summed E-state index contributed by atoms with van der Waals surface area (Å²) in [5, 5.41) is 17.7. The van der Waals surface area contributed by atoms with E-state index in [0.717, 1.165) is 4.68 Å². The number of benzene rings is 1. The van der Waals surface area contributed by atoms with Gasteiger partial charge in [0.05, 0.1) is 17.4 Å². The maximum absolute atomic E-state index is 12.2. The molecule has 2 aromatic heterocycles. The fraction of sp³-hybridized carbons (Fsp3) is 0.300. The molecule has 2 heterocycles. The van der Waals surface area contributed by atoms with Gasteiger partial charge in [-0.3, -0.25) is 14.6 Å². The molecular formula is C20H18Cl2N6O3. The van der Waals surface area contributed by atoms with Crippen molar-refractivity contribution in [3.05, 3.63) is 82.5 Å². The molecule has 1 N–H and O–H groups in total. The highest BCUT2D eigenvalue weighted by atomic mass is 35.5. The first-order valence-electron chi connectivity index (χ1n) is 9.21. The van der Waals surface area contributed by atoms with Crippen LogP contribution in [-0.4, -0.2) is 24.5 Å². The summed E-state index contributed by atoms with van der Waals surface area (Å²) in [5.74, 6) is 0. The number of halogens is 2. The van der Waals surface area contributed by atoms with Gasteiger partial charge in [0.15, 0.2) is 0 Å². The van der Waals surface area contributed by atoms with Crippen LogP contribution in [0.4, 0.5) is 0 Å². The van der Waals surface area contributed by atoms with Crippen LogP contribution in [0.2, 0.25) is 10.0 Å². The molecule has 0 aliphatic rings.